The molecule has 5 heteroatoms. The molecule has 1 aromatic rings. The number of aliphatic hydroxyl groups excluding tert-OH is 1. The van der Waals surface area contributed by atoms with Crippen LogP contribution < -0.4 is 0 Å². The Bertz CT molecular complexity index is 578. The van der Waals surface area contributed by atoms with Gasteiger partial charge in [-0.05, 0) is 31.5 Å². The van der Waals surface area contributed by atoms with Crippen LogP contribution in [0, 0.1) is 18.8 Å². The van der Waals surface area contributed by atoms with Gasteiger partial charge in [0, 0.05) is 5.56 Å². The van der Waals surface area contributed by atoms with Crippen molar-refractivity contribution in [2.45, 2.75) is 20.0 Å². The van der Waals surface area contributed by atoms with E-state index >= 15 is 0 Å². The third-order valence-corrected chi connectivity index (χ3v) is 2.22. The summed E-state index contributed by atoms with van der Waals surface area (Å²) >= 11 is 0. The fraction of sp³-hybridized carbons (Fsp3) is 0.286. The van der Waals surface area contributed by atoms with Crippen LogP contribution in [0.1, 0.15) is 18.1 Å². The average Bonchev–Trinajstić information content (AvgIpc) is 2.37. The van der Waals surface area contributed by atoms with Gasteiger partial charge in [0.05, 0.1) is 6.61 Å². The highest BCUT2D eigenvalue weighted by atomic mass is 16.5. The molecule has 1 unspecified atom stereocenters. The molecule has 1 N–H and O–H groups in total. The number of hydrogen-bond donors (Lipinski definition) is 1. The van der Waals surface area contributed by atoms with Crippen LogP contribution in [-0.4, -0.2) is 34.3 Å². The van der Waals surface area contributed by atoms with E-state index in [-0.39, 0.29) is 6.61 Å². The second-order valence-electron chi connectivity index (χ2n) is 3.75. The first-order valence-corrected chi connectivity index (χ1v) is 5.73. The number of esters is 1. The zero-order valence-corrected chi connectivity index (χ0v) is 10.8. The van der Waals surface area contributed by atoms with Crippen LogP contribution >= 0.6 is 0 Å². The molecule has 1 aromatic carbocycles. The maximum absolute atomic E-state index is 11.3. The summed E-state index contributed by atoms with van der Waals surface area (Å²) in [5.74, 6) is 4.24. The topological polar surface area (TPSA) is 82.9 Å². The number of nitrogens with zero attached hydrogens (tertiary/aromatic N) is 2. The van der Waals surface area contributed by atoms with E-state index in [0.717, 1.165) is 5.56 Å². The summed E-state index contributed by atoms with van der Waals surface area (Å²) in [4.78, 5) is 14.1. The monoisotopic (exact) mass is 258 g/mol. The first-order valence-electron chi connectivity index (χ1n) is 5.73. The Balaban J connectivity index is 2.88. The number of aryl methyl sites for hydroxylation is 1. The molecule has 0 saturated heterocycles. The molecule has 0 fully saturated rings. The van der Waals surface area contributed by atoms with Gasteiger partial charge < -0.3 is 15.4 Å². The van der Waals surface area contributed by atoms with Crippen molar-refractivity contribution in [3.05, 3.63) is 40.9 Å². The quantitative estimate of drug-likeness (QED) is 0.288. The Hall–Kier alpha value is -2.41. The van der Waals surface area contributed by atoms with Crippen LogP contribution in [0.5, 0.6) is 0 Å². The van der Waals surface area contributed by atoms with Crippen molar-refractivity contribution in [1.29, 1.82) is 0 Å². The van der Waals surface area contributed by atoms with E-state index in [1.54, 1.807) is 13.0 Å². The van der Waals surface area contributed by atoms with Gasteiger partial charge in [-0.2, -0.15) is 4.79 Å². The van der Waals surface area contributed by atoms with Gasteiger partial charge in [-0.1, -0.05) is 24.0 Å². The van der Waals surface area contributed by atoms with Crippen molar-refractivity contribution >= 4 is 11.7 Å². The summed E-state index contributed by atoms with van der Waals surface area (Å²) in [5.41, 5.74) is 9.89. The minimum absolute atomic E-state index is 0.121. The van der Waals surface area contributed by atoms with Gasteiger partial charge in [0.2, 0.25) is 6.10 Å². The lowest BCUT2D eigenvalue weighted by Crippen LogP contribution is -2.30. The molecule has 0 aromatic heterocycles. The summed E-state index contributed by atoms with van der Waals surface area (Å²) in [6, 6.07) is 7.35. The maximum atomic E-state index is 11.3. The van der Waals surface area contributed by atoms with E-state index in [9.17, 15) is 9.90 Å². The molecule has 0 aliphatic heterocycles. The number of carbonyl (C=O) groups is 1. The third kappa shape index (κ3) is 4.40. The van der Waals surface area contributed by atoms with Crippen molar-refractivity contribution in [1.82, 2.24) is 0 Å². The molecule has 0 spiro atoms. The van der Waals surface area contributed by atoms with Crippen molar-refractivity contribution in [3.8, 4) is 11.8 Å². The smallest absolute Gasteiger partial charge is 0.421 e. The number of ether oxygens (including phenoxy) is 1. The normalized spacial score (nSPS) is 10.7. The summed E-state index contributed by atoms with van der Waals surface area (Å²) in [7, 11) is 0. The number of aliphatic hydroxyl groups is 1. The minimum Gasteiger partial charge on any atom is -0.457 e. The van der Waals surface area contributed by atoms with Crippen LogP contribution in [0.2, 0.25) is 0 Å². The van der Waals surface area contributed by atoms with Crippen molar-refractivity contribution in [3.63, 3.8) is 0 Å². The predicted molar refractivity (Wildman–Crippen MR) is 69.3 cm³/mol. The molecule has 98 valence electrons. The van der Waals surface area contributed by atoms with E-state index in [1.165, 1.54) is 0 Å². The molecule has 0 bridgehead atoms. The lowest BCUT2D eigenvalue weighted by atomic mass is 10.1. The Kier molecular flexibility index (Phi) is 5.49. The van der Waals surface area contributed by atoms with Gasteiger partial charge in [-0.3, -0.25) is 0 Å². The van der Waals surface area contributed by atoms with E-state index in [4.69, 9.17) is 5.53 Å². The van der Waals surface area contributed by atoms with Gasteiger partial charge in [-0.15, -0.1) is 0 Å². The SMILES string of the molecule is CCOC(=O)C(=[N+]=[N-])C(O)C#Cc1cccc(C)c1. The van der Waals surface area contributed by atoms with Crippen LogP contribution in [0.25, 0.3) is 5.53 Å². The molecule has 0 saturated carbocycles. The number of benzene rings is 1. The largest absolute Gasteiger partial charge is 0.457 e. The fourth-order valence-electron chi connectivity index (χ4n) is 1.36. The van der Waals surface area contributed by atoms with Crippen molar-refractivity contribution in [2.75, 3.05) is 6.61 Å². The van der Waals surface area contributed by atoms with Gasteiger partial charge >= 0.3 is 11.7 Å². The molecule has 0 aliphatic carbocycles. The second-order valence-corrected chi connectivity index (χ2v) is 3.75. The van der Waals surface area contributed by atoms with Crippen molar-refractivity contribution in [2.24, 2.45) is 0 Å². The molecule has 0 amide bonds. The fourth-order valence-corrected chi connectivity index (χ4v) is 1.36. The standard InChI is InChI=1S/C14H14N2O3/c1-3-19-14(18)13(16-15)12(17)8-7-11-6-4-5-10(2)9-11/h4-6,9,12,17H,3H2,1-2H3. The average molecular weight is 258 g/mol. The molecule has 1 rings (SSSR count). The predicted octanol–water partition coefficient (Wildman–Crippen LogP) is 0.941. The molecule has 0 heterocycles. The van der Waals surface area contributed by atoms with Gasteiger partial charge in [0.25, 0.3) is 0 Å². The van der Waals surface area contributed by atoms with Crippen LogP contribution in [0.4, 0.5) is 0 Å². The molecule has 19 heavy (non-hydrogen) atoms. The van der Waals surface area contributed by atoms with Gasteiger partial charge in [0.1, 0.15) is 0 Å². The Morgan fingerprint density at radius 2 is 2.32 bits per heavy atom. The molecular formula is C14H14N2O3. The zero-order chi connectivity index (χ0) is 14.3. The highest BCUT2D eigenvalue weighted by molar-refractivity contribution is 6.36. The van der Waals surface area contributed by atoms with Gasteiger partial charge in [-0.25, -0.2) is 4.79 Å². The molecule has 0 aliphatic rings. The second kappa shape index (κ2) is 7.12. The Morgan fingerprint density at radius 1 is 1.58 bits per heavy atom. The van der Waals surface area contributed by atoms with E-state index in [1.807, 2.05) is 25.1 Å². The first kappa shape index (κ1) is 14.7. The van der Waals surface area contributed by atoms with Crippen LogP contribution in [-0.2, 0) is 9.53 Å². The van der Waals surface area contributed by atoms with E-state index in [0.29, 0.717) is 5.56 Å². The van der Waals surface area contributed by atoms with Gasteiger partial charge in [0.15, 0.2) is 0 Å². The molecule has 5 nitrogen and oxygen atoms in total. The zero-order valence-electron chi connectivity index (χ0n) is 10.8. The Morgan fingerprint density at radius 3 is 2.89 bits per heavy atom. The molecule has 1 atom stereocenters. The summed E-state index contributed by atoms with van der Waals surface area (Å²) in [5, 5.41) is 9.67. The highest BCUT2D eigenvalue weighted by Crippen LogP contribution is 2.02. The lowest BCUT2D eigenvalue weighted by Gasteiger charge is -1.98. The maximum Gasteiger partial charge on any atom is 0.421 e. The summed E-state index contributed by atoms with van der Waals surface area (Å²) < 4.78 is 4.63. The molecular weight excluding hydrogens is 244 g/mol. The van der Waals surface area contributed by atoms with E-state index in [2.05, 4.69) is 21.4 Å². The van der Waals surface area contributed by atoms with Crippen molar-refractivity contribution < 1.29 is 19.4 Å². The minimum atomic E-state index is -1.50. The number of hydrogen-bond acceptors (Lipinski definition) is 3. The lowest BCUT2D eigenvalue weighted by molar-refractivity contribution is -0.140. The summed E-state index contributed by atoms with van der Waals surface area (Å²) in [6.07, 6.45) is -1.50. The third-order valence-electron chi connectivity index (χ3n) is 2.22. The highest BCUT2D eigenvalue weighted by Gasteiger charge is 2.29. The number of rotatable bonds is 3. The van der Waals surface area contributed by atoms with E-state index < -0.39 is 17.8 Å². The number of carbonyl (C=O) groups excluding carboxylic acids is 1. The van der Waals surface area contributed by atoms with Crippen LogP contribution in [0.15, 0.2) is 24.3 Å². The summed E-state index contributed by atoms with van der Waals surface area (Å²) in [6.45, 7) is 3.65. The first-order chi connectivity index (χ1) is 9.08. The molecule has 0 radical (unpaired) electrons. The Labute approximate surface area is 111 Å². The van der Waals surface area contributed by atoms with Crippen LogP contribution in [0.3, 0.4) is 0 Å².